The third kappa shape index (κ3) is 17.3. The van der Waals surface area contributed by atoms with Crippen LogP contribution in [0.1, 0.15) is 65.0 Å². The van der Waals surface area contributed by atoms with Crippen molar-refractivity contribution in [1.29, 1.82) is 0 Å². The number of nitrogens with zero attached hydrogens (tertiary/aromatic N) is 2. The maximum atomic E-state index is 14.7. The van der Waals surface area contributed by atoms with E-state index in [1.807, 2.05) is 6.92 Å². The molecule has 6 N–H and O–H groups in total. The molecule has 1 aliphatic heterocycles. The lowest BCUT2D eigenvalue weighted by atomic mass is 9.99. The lowest BCUT2D eigenvalue weighted by Crippen LogP contribution is -2.41. The topological polar surface area (TPSA) is 308 Å². The highest BCUT2D eigenvalue weighted by Crippen LogP contribution is 2.47. The fourth-order valence-electron chi connectivity index (χ4n) is 5.54. The Hall–Kier alpha value is -3.55. The summed E-state index contributed by atoms with van der Waals surface area (Å²) in [5.41, 5.74) is 4.14. The van der Waals surface area contributed by atoms with Crippen molar-refractivity contribution in [3.05, 3.63) is 22.7 Å². The number of ether oxygens (including phenoxy) is 4. The number of aliphatic hydroxyl groups excluding tert-OH is 1. The average Bonchev–Trinajstić information content (AvgIpc) is 3.40. The van der Waals surface area contributed by atoms with Gasteiger partial charge in [0.15, 0.2) is 12.7 Å². The maximum Gasteiger partial charge on any atom is 0.475 e. The fraction of sp³-hybridized carbons (Fsp3) is 0.714. The second-order valence-corrected chi connectivity index (χ2v) is 17.9. The number of nitrogen functional groups attached to an aromatic ring is 1. The number of carboxylic acid groups (broad SMARTS) is 1. The Morgan fingerprint density at radius 1 is 1.05 bits per heavy atom. The predicted molar refractivity (Wildman–Crippen MR) is 211 cm³/mol. The number of thioether (sulfide) groups is 2. The summed E-state index contributed by atoms with van der Waals surface area (Å²) in [6.45, 7) is 0.264. The van der Waals surface area contributed by atoms with E-state index >= 15 is 0 Å². The van der Waals surface area contributed by atoms with Crippen LogP contribution >= 0.6 is 31.3 Å². The zero-order valence-electron chi connectivity index (χ0n) is 33.4. The van der Waals surface area contributed by atoms with Gasteiger partial charge in [-0.05, 0) is 32.3 Å². The summed E-state index contributed by atoms with van der Waals surface area (Å²) >= 11 is 3.10. The minimum atomic E-state index is -5.09. The number of rotatable bonds is 29. The van der Waals surface area contributed by atoms with Gasteiger partial charge < -0.3 is 45.1 Å². The molecule has 6 unspecified atom stereocenters. The van der Waals surface area contributed by atoms with E-state index < -0.39 is 81.7 Å². The number of phosphoric acid groups is 1. The number of ketones is 2. The number of alkyl halides is 2. The van der Waals surface area contributed by atoms with E-state index in [2.05, 4.69) is 24.1 Å². The number of Topliss-reactive ketones (excluding diaryl/α,β-unsaturated/α-hetero) is 2. The van der Waals surface area contributed by atoms with Crippen LogP contribution in [0.2, 0.25) is 0 Å². The first kappa shape index (κ1) is 51.8. The Balaban J connectivity index is 1.28. The van der Waals surface area contributed by atoms with E-state index in [1.54, 1.807) is 11.8 Å². The summed E-state index contributed by atoms with van der Waals surface area (Å²) in [5, 5.41) is 22.7. The van der Waals surface area contributed by atoms with E-state index in [0.717, 1.165) is 25.1 Å². The normalized spacial score (nSPS) is 22.6. The van der Waals surface area contributed by atoms with E-state index in [9.17, 15) is 62.0 Å². The van der Waals surface area contributed by atoms with Gasteiger partial charge in [-0.2, -0.15) is 37.3 Å². The highest BCUT2D eigenvalue weighted by Gasteiger charge is 2.60. The number of aliphatic carboxylic acids is 1. The van der Waals surface area contributed by atoms with Crippen LogP contribution in [0.4, 0.5) is 14.6 Å². The number of carboxylic acids is 1. The molecule has 61 heavy (non-hydrogen) atoms. The molecule has 344 valence electrons. The number of nitrogens with one attached hydrogen (secondary N) is 1. The number of carbonyl (C=O) groups is 6. The molecular formula is C35H51F2N4O17PS2. The number of carbonyl (C=O) groups excluding carboxylic acids is 5. The molecule has 21 nitrogen and oxygen atoms in total. The molecule has 26 heteroatoms. The van der Waals surface area contributed by atoms with E-state index in [-0.39, 0.29) is 90.9 Å². The number of halogens is 2. The van der Waals surface area contributed by atoms with Gasteiger partial charge in [-0.3, -0.25) is 33.1 Å². The fourth-order valence-corrected chi connectivity index (χ4v) is 9.52. The van der Waals surface area contributed by atoms with Gasteiger partial charge in [0.1, 0.15) is 23.5 Å². The van der Waals surface area contributed by atoms with Crippen molar-refractivity contribution in [2.75, 3.05) is 57.0 Å². The number of hydrogen-bond acceptors (Lipinski definition) is 19. The summed E-state index contributed by atoms with van der Waals surface area (Å²) in [5.74, 6) is -8.49. The summed E-state index contributed by atoms with van der Waals surface area (Å²) in [4.78, 5) is 97.1. The summed E-state index contributed by atoms with van der Waals surface area (Å²) in [6, 6.07) is 1.04. The first-order chi connectivity index (χ1) is 28.7. The van der Waals surface area contributed by atoms with Crippen LogP contribution in [0.5, 0.6) is 0 Å². The van der Waals surface area contributed by atoms with Gasteiger partial charge in [-0.1, -0.05) is 6.92 Å². The Morgan fingerprint density at radius 3 is 2.31 bits per heavy atom. The zero-order chi connectivity index (χ0) is 45.3. The van der Waals surface area contributed by atoms with Crippen molar-refractivity contribution in [3.63, 3.8) is 0 Å². The second-order valence-electron chi connectivity index (χ2n) is 13.9. The minimum Gasteiger partial charge on any atom is -0.481 e. The first-order valence-electron chi connectivity index (χ1n) is 19.1. The molecule has 0 spiro atoms. The number of phosphoric ester groups is 1. The molecule has 3 rings (SSSR count). The van der Waals surface area contributed by atoms with Crippen LogP contribution < -0.4 is 16.7 Å². The summed E-state index contributed by atoms with van der Waals surface area (Å²) in [6.07, 6.45) is -3.82. The smallest absolute Gasteiger partial charge is 0.475 e. The van der Waals surface area contributed by atoms with Crippen molar-refractivity contribution in [2.24, 2.45) is 11.8 Å². The summed E-state index contributed by atoms with van der Waals surface area (Å²) < 4.78 is 70.5. The number of aliphatic hydroxyl groups is 1. The van der Waals surface area contributed by atoms with E-state index in [0.29, 0.717) is 16.7 Å². The molecule has 0 aromatic carbocycles. The van der Waals surface area contributed by atoms with Gasteiger partial charge in [-0.15, -0.1) is 0 Å². The molecule has 2 fully saturated rings. The van der Waals surface area contributed by atoms with Gasteiger partial charge >= 0.3 is 37.3 Å². The molecule has 1 aromatic heterocycles. The van der Waals surface area contributed by atoms with Crippen LogP contribution in [-0.4, -0.2) is 140 Å². The first-order valence-corrected chi connectivity index (χ1v) is 22.6. The largest absolute Gasteiger partial charge is 0.481 e. The Labute approximate surface area is 357 Å². The lowest BCUT2D eigenvalue weighted by molar-refractivity contribution is -0.163. The maximum absolute atomic E-state index is 14.7. The Morgan fingerprint density at radius 2 is 1.70 bits per heavy atom. The zero-order valence-corrected chi connectivity index (χ0v) is 35.9. The molecule has 1 amide bonds. The molecule has 1 saturated carbocycles. The Kier molecular flexibility index (Phi) is 21.2. The van der Waals surface area contributed by atoms with Crippen molar-refractivity contribution < 1.29 is 85.2 Å². The van der Waals surface area contributed by atoms with Crippen molar-refractivity contribution in [3.8, 4) is 0 Å². The van der Waals surface area contributed by atoms with Crippen LogP contribution in [0.25, 0.3) is 0 Å². The third-order valence-electron chi connectivity index (χ3n) is 9.28. The minimum absolute atomic E-state index is 0.0242. The lowest BCUT2D eigenvalue weighted by Gasteiger charge is -2.36. The standard InChI is InChI=1S/C35H51F2N4O17PS2/c1-3-21(17-60-25-4-5-26(25)61-18-22(32(48)49)14-23(43)9-13-53-12-8-20(2)42)31(47)39-10-6-28(44)54-16-29(45)55-19-57-59(51,52)56-15-24-30(46)35(36,37)33(58-24)41-11-7-27(38)40-34(41)50/h7,11,21-22,24-26,30,33,46H,3-6,8-10,12-19H2,1-2H3,(H,39,47)(H,48,49)(H,51,52)(H2,38,40,50)/t21?,22?,24?,25?,26?,30-,33-/m1/s1. The van der Waals surface area contributed by atoms with Gasteiger partial charge in [0.25, 0.3) is 0 Å². The summed E-state index contributed by atoms with van der Waals surface area (Å²) in [7, 11) is -5.09. The number of aromatic nitrogens is 2. The highest BCUT2D eigenvalue weighted by atomic mass is 32.2. The molecule has 1 saturated heterocycles. The van der Waals surface area contributed by atoms with Gasteiger partial charge in [0, 0.05) is 59.9 Å². The van der Waals surface area contributed by atoms with E-state index in [1.165, 1.54) is 18.7 Å². The van der Waals surface area contributed by atoms with Gasteiger partial charge in [0.2, 0.25) is 18.9 Å². The molecule has 0 radical (unpaired) electrons. The van der Waals surface area contributed by atoms with Gasteiger partial charge in [-0.25, -0.2) is 18.7 Å². The molecular weight excluding hydrogens is 882 g/mol. The average molecular weight is 933 g/mol. The van der Waals surface area contributed by atoms with Crippen LogP contribution in [0.3, 0.4) is 0 Å². The molecule has 2 heterocycles. The molecule has 1 aromatic rings. The molecule has 2 aliphatic rings. The van der Waals surface area contributed by atoms with Gasteiger partial charge in [0.05, 0.1) is 32.2 Å². The van der Waals surface area contributed by atoms with E-state index in [4.69, 9.17) is 19.9 Å². The number of hydrogen-bond donors (Lipinski definition) is 5. The molecule has 8 atom stereocenters. The molecule has 1 aliphatic carbocycles. The third-order valence-corrected chi connectivity index (χ3v) is 13.5. The van der Waals surface area contributed by atoms with Crippen molar-refractivity contribution >= 4 is 72.5 Å². The van der Waals surface area contributed by atoms with Crippen LogP contribution in [0.15, 0.2) is 17.1 Å². The van der Waals surface area contributed by atoms with Crippen molar-refractivity contribution in [2.45, 2.75) is 93.7 Å². The number of nitrogens with two attached hydrogens (primary N) is 1. The highest BCUT2D eigenvalue weighted by molar-refractivity contribution is 8.04. The number of esters is 2. The molecule has 0 bridgehead atoms. The van der Waals surface area contributed by atoms with Crippen LogP contribution in [0, 0.1) is 11.8 Å². The SMILES string of the molecule is CCC(CSC1CCC1SCC(CC(=O)CCOCCC(C)=O)C(=O)O)C(=O)NCCC(=O)OCC(=O)OCOP(=O)(O)OCC1O[C@@H](n2ccc(N)nc2=O)C(F)(F)[C@@H]1O. The Bertz CT molecular complexity index is 1800. The predicted octanol–water partition coefficient (Wildman–Crippen LogP) is 1.47. The monoisotopic (exact) mass is 932 g/mol. The second kappa shape index (κ2) is 24.9. The quantitative estimate of drug-likeness (QED) is 0.0329. The van der Waals surface area contributed by atoms with Crippen LogP contribution in [-0.2, 0) is 61.3 Å². The number of amides is 1. The number of anilines is 1. The van der Waals surface area contributed by atoms with Crippen molar-refractivity contribution in [1.82, 2.24) is 14.9 Å².